The summed E-state index contributed by atoms with van der Waals surface area (Å²) in [5, 5.41) is 9.67. The Morgan fingerprint density at radius 3 is 2.85 bits per heavy atom. The molecule has 0 aliphatic carbocycles. The van der Waals surface area contributed by atoms with E-state index in [0.29, 0.717) is 16.7 Å². The first-order chi connectivity index (χ1) is 6.16. The van der Waals surface area contributed by atoms with Crippen LogP contribution in [0.3, 0.4) is 0 Å². The van der Waals surface area contributed by atoms with Gasteiger partial charge >= 0.3 is 0 Å². The van der Waals surface area contributed by atoms with E-state index in [1.165, 1.54) is 18.2 Å². The fraction of sp³-hybridized carbons (Fsp3) is 0. The van der Waals surface area contributed by atoms with Gasteiger partial charge in [-0.05, 0) is 12.1 Å². The lowest BCUT2D eigenvalue weighted by Gasteiger charge is -1.99. The number of rotatable bonds is 0. The van der Waals surface area contributed by atoms with Crippen LogP contribution in [0, 0.1) is 0 Å². The summed E-state index contributed by atoms with van der Waals surface area (Å²) in [6, 6.07) is 5.81. The molecule has 2 aromatic rings. The van der Waals surface area contributed by atoms with Gasteiger partial charge in [0.15, 0.2) is 5.43 Å². The van der Waals surface area contributed by atoms with Gasteiger partial charge in [-0.2, -0.15) is 0 Å². The fourth-order valence-electron chi connectivity index (χ4n) is 1.26. The third-order valence-corrected chi connectivity index (χ3v) is 1.83. The summed E-state index contributed by atoms with van der Waals surface area (Å²) >= 11 is 0. The van der Waals surface area contributed by atoms with Gasteiger partial charge in [0.25, 0.3) is 0 Å². The molecular weight excluding hydrogens is 168 g/mol. The molecule has 0 spiro atoms. The summed E-state index contributed by atoms with van der Waals surface area (Å²) < 4.78 is 0. The highest BCUT2D eigenvalue weighted by Gasteiger charge is 2.00. The number of hydrogen-bond donors (Lipinski definition) is 3. The van der Waals surface area contributed by atoms with E-state index < -0.39 is 0 Å². The molecule has 0 saturated heterocycles. The average molecular weight is 176 g/mol. The minimum absolute atomic E-state index is 0.105. The number of aromatic hydroxyl groups is 1. The zero-order chi connectivity index (χ0) is 9.42. The Bertz CT molecular complexity index is 511. The predicted molar refractivity (Wildman–Crippen MR) is 50.6 cm³/mol. The number of nitrogens with two attached hydrogens (primary N) is 1. The number of nitrogens with one attached hydrogen (secondary N) is 1. The van der Waals surface area contributed by atoms with Crippen molar-refractivity contribution in [1.82, 2.24) is 4.98 Å². The Kier molecular flexibility index (Phi) is 1.48. The summed E-state index contributed by atoms with van der Waals surface area (Å²) in [6.07, 6.45) is 0. The number of fused-ring (bicyclic) bond motifs is 1. The zero-order valence-electron chi connectivity index (χ0n) is 6.74. The van der Waals surface area contributed by atoms with E-state index in [1.54, 1.807) is 6.07 Å². The van der Waals surface area contributed by atoms with Gasteiger partial charge in [0.1, 0.15) is 11.6 Å². The van der Waals surface area contributed by atoms with Crippen LogP contribution in [0.5, 0.6) is 5.75 Å². The fourth-order valence-corrected chi connectivity index (χ4v) is 1.26. The van der Waals surface area contributed by atoms with Crippen LogP contribution in [0.1, 0.15) is 0 Å². The number of hydrogen-bond acceptors (Lipinski definition) is 3. The van der Waals surface area contributed by atoms with Gasteiger partial charge in [-0.25, -0.2) is 0 Å². The van der Waals surface area contributed by atoms with Gasteiger partial charge in [-0.15, -0.1) is 0 Å². The highest BCUT2D eigenvalue weighted by atomic mass is 16.3. The number of aromatic nitrogens is 1. The van der Waals surface area contributed by atoms with Gasteiger partial charge in [-0.3, -0.25) is 4.79 Å². The Morgan fingerprint density at radius 2 is 2.08 bits per heavy atom. The predicted octanol–water partition coefficient (Wildman–Crippen LogP) is 0.816. The van der Waals surface area contributed by atoms with Gasteiger partial charge in [0.2, 0.25) is 0 Å². The number of benzene rings is 1. The number of H-pyrrole nitrogens is 1. The SMILES string of the molecule is Nc1cc(=O)c2ccc(O)cc2[nH]1. The molecule has 0 aliphatic heterocycles. The number of aromatic amines is 1. The largest absolute Gasteiger partial charge is 0.508 e. The number of pyridine rings is 1. The molecule has 2 rings (SSSR count). The van der Waals surface area contributed by atoms with Crippen molar-refractivity contribution in [2.75, 3.05) is 5.73 Å². The molecule has 0 amide bonds. The average Bonchev–Trinajstić information content (AvgIpc) is 2.02. The Balaban J connectivity index is 2.95. The lowest BCUT2D eigenvalue weighted by atomic mass is 10.2. The first-order valence-electron chi connectivity index (χ1n) is 3.78. The van der Waals surface area contributed by atoms with Crippen molar-refractivity contribution in [3.8, 4) is 5.75 Å². The smallest absolute Gasteiger partial charge is 0.191 e. The summed E-state index contributed by atoms with van der Waals surface area (Å²) in [6.45, 7) is 0. The maximum atomic E-state index is 11.3. The maximum Gasteiger partial charge on any atom is 0.191 e. The van der Waals surface area contributed by atoms with Crippen molar-refractivity contribution in [1.29, 1.82) is 0 Å². The van der Waals surface area contributed by atoms with E-state index in [0.717, 1.165) is 0 Å². The van der Waals surface area contributed by atoms with Crippen LogP contribution in [0.25, 0.3) is 10.9 Å². The van der Waals surface area contributed by atoms with Crippen LogP contribution in [-0.2, 0) is 0 Å². The molecule has 1 aromatic heterocycles. The molecule has 4 heteroatoms. The Labute approximate surface area is 73.6 Å². The van der Waals surface area contributed by atoms with Crippen LogP contribution in [0.4, 0.5) is 5.82 Å². The monoisotopic (exact) mass is 176 g/mol. The molecular formula is C9H8N2O2. The lowest BCUT2D eigenvalue weighted by Crippen LogP contribution is -2.04. The number of anilines is 1. The summed E-state index contributed by atoms with van der Waals surface area (Å²) in [5.74, 6) is 0.400. The van der Waals surface area contributed by atoms with E-state index in [4.69, 9.17) is 10.8 Å². The molecule has 0 radical (unpaired) electrons. The van der Waals surface area contributed by atoms with Crippen LogP contribution >= 0.6 is 0 Å². The molecule has 0 aliphatic rings. The van der Waals surface area contributed by atoms with E-state index in [2.05, 4.69) is 4.98 Å². The normalized spacial score (nSPS) is 10.5. The van der Waals surface area contributed by atoms with Crippen molar-refractivity contribution < 1.29 is 5.11 Å². The van der Waals surface area contributed by atoms with Gasteiger partial charge in [-0.1, -0.05) is 0 Å². The van der Waals surface area contributed by atoms with Gasteiger partial charge < -0.3 is 15.8 Å². The second-order valence-corrected chi connectivity index (χ2v) is 2.82. The van der Waals surface area contributed by atoms with Crippen molar-refractivity contribution in [3.05, 3.63) is 34.5 Å². The number of phenols is 1. The zero-order valence-corrected chi connectivity index (χ0v) is 6.74. The minimum Gasteiger partial charge on any atom is -0.508 e. The molecule has 0 unspecified atom stereocenters. The van der Waals surface area contributed by atoms with Crippen molar-refractivity contribution in [2.45, 2.75) is 0 Å². The molecule has 0 atom stereocenters. The van der Waals surface area contributed by atoms with E-state index in [9.17, 15) is 4.79 Å². The van der Waals surface area contributed by atoms with E-state index >= 15 is 0 Å². The van der Waals surface area contributed by atoms with Crippen LogP contribution in [0.2, 0.25) is 0 Å². The van der Waals surface area contributed by atoms with Gasteiger partial charge in [0, 0.05) is 17.5 Å². The number of nitrogen functional groups attached to an aromatic ring is 1. The quantitative estimate of drug-likeness (QED) is 0.555. The number of phenolic OH excluding ortho intramolecular Hbond substituents is 1. The van der Waals surface area contributed by atoms with Crippen molar-refractivity contribution in [3.63, 3.8) is 0 Å². The molecule has 0 fully saturated rings. The third-order valence-electron chi connectivity index (χ3n) is 1.83. The summed E-state index contributed by atoms with van der Waals surface area (Å²) in [7, 11) is 0. The summed E-state index contributed by atoms with van der Waals surface area (Å²) in [5.41, 5.74) is 5.84. The second-order valence-electron chi connectivity index (χ2n) is 2.82. The molecule has 1 heterocycles. The Morgan fingerprint density at radius 1 is 1.31 bits per heavy atom. The molecule has 0 bridgehead atoms. The van der Waals surface area contributed by atoms with Crippen LogP contribution in [0.15, 0.2) is 29.1 Å². The van der Waals surface area contributed by atoms with E-state index in [1.807, 2.05) is 0 Å². The lowest BCUT2D eigenvalue weighted by molar-refractivity contribution is 0.476. The minimum atomic E-state index is -0.147. The molecule has 4 N–H and O–H groups in total. The van der Waals surface area contributed by atoms with E-state index in [-0.39, 0.29) is 11.2 Å². The van der Waals surface area contributed by atoms with Crippen molar-refractivity contribution >= 4 is 16.7 Å². The van der Waals surface area contributed by atoms with Crippen LogP contribution in [-0.4, -0.2) is 10.1 Å². The molecule has 66 valence electrons. The van der Waals surface area contributed by atoms with Crippen molar-refractivity contribution in [2.24, 2.45) is 0 Å². The summed E-state index contributed by atoms with van der Waals surface area (Å²) in [4.78, 5) is 14.1. The third kappa shape index (κ3) is 1.22. The van der Waals surface area contributed by atoms with Gasteiger partial charge in [0.05, 0.1) is 5.52 Å². The standard InChI is InChI=1S/C9H8N2O2/c10-9-4-8(13)6-2-1-5(12)3-7(6)11-9/h1-4,12H,(H3,10,11,13). The first-order valence-corrected chi connectivity index (χ1v) is 3.78. The highest BCUT2D eigenvalue weighted by Crippen LogP contribution is 2.15. The topological polar surface area (TPSA) is 79.1 Å². The van der Waals surface area contributed by atoms with Crippen LogP contribution < -0.4 is 11.2 Å². The maximum absolute atomic E-state index is 11.3. The second kappa shape index (κ2) is 2.52. The molecule has 0 saturated carbocycles. The molecule has 1 aromatic carbocycles. The molecule has 4 nitrogen and oxygen atoms in total. The molecule has 13 heavy (non-hydrogen) atoms. The first kappa shape index (κ1) is 7.67. The highest BCUT2D eigenvalue weighted by molar-refractivity contribution is 5.81. The Hall–Kier alpha value is -1.97.